The number of rotatable bonds is 8. The quantitative estimate of drug-likeness (QED) is 0.713. The van der Waals surface area contributed by atoms with Crippen molar-refractivity contribution in [2.24, 2.45) is 0 Å². The summed E-state index contributed by atoms with van der Waals surface area (Å²) in [6.45, 7) is 7.68. The largest absolute Gasteiger partial charge is 0.444 e. The normalized spacial score (nSPS) is 11.1. The van der Waals surface area contributed by atoms with E-state index in [-0.39, 0.29) is 5.56 Å². The molecular formula is C16H27N3O4. The van der Waals surface area contributed by atoms with Gasteiger partial charge in [0.15, 0.2) is 0 Å². The van der Waals surface area contributed by atoms with Gasteiger partial charge in [0, 0.05) is 39.0 Å². The first-order valence-corrected chi connectivity index (χ1v) is 7.72. The molecule has 23 heavy (non-hydrogen) atoms. The van der Waals surface area contributed by atoms with Gasteiger partial charge in [0.2, 0.25) is 0 Å². The summed E-state index contributed by atoms with van der Waals surface area (Å²) < 4.78 is 11.7. The smallest absolute Gasteiger partial charge is 0.407 e. The molecular weight excluding hydrogens is 298 g/mol. The third-order valence-electron chi connectivity index (χ3n) is 2.87. The second kappa shape index (κ2) is 9.19. The predicted molar refractivity (Wildman–Crippen MR) is 89.9 cm³/mol. The van der Waals surface area contributed by atoms with Crippen LogP contribution in [-0.4, -0.2) is 43.1 Å². The minimum absolute atomic E-state index is 0.0563. The summed E-state index contributed by atoms with van der Waals surface area (Å²) in [4.78, 5) is 23.1. The van der Waals surface area contributed by atoms with Crippen LogP contribution in [0.3, 0.4) is 0 Å². The number of hydrogen-bond donors (Lipinski definition) is 2. The molecule has 1 heterocycles. The van der Waals surface area contributed by atoms with Crippen molar-refractivity contribution in [3.8, 4) is 0 Å². The van der Waals surface area contributed by atoms with E-state index in [2.05, 4.69) is 10.6 Å². The van der Waals surface area contributed by atoms with E-state index in [1.807, 2.05) is 20.8 Å². The Bertz CT molecular complexity index is 549. The highest BCUT2D eigenvalue weighted by Gasteiger charge is 2.15. The molecule has 2 N–H and O–H groups in total. The highest BCUT2D eigenvalue weighted by Crippen LogP contribution is 2.06. The standard InChI is InChI=1S/C16H27N3O4/c1-16(2,3)23-15(21)18-9-5-8-17-13-6-7-14(20)19(12-13)10-11-22-4/h6-7,12,17H,5,8-11H2,1-4H3,(H,18,21). The van der Waals surface area contributed by atoms with Crippen LogP contribution in [0.5, 0.6) is 0 Å². The topological polar surface area (TPSA) is 81.6 Å². The lowest BCUT2D eigenvalue weighted by atomic mass is 10.2. The van der Waals surface area contributed by atoms with Crippen LogP contribution in [0.15, 0.2) is 23.1 Å². The van der Waals surface area contributed by atoms with Crippen LogP contribution < -0.4 is 16.2 Å². The van der Waals surface area contributed by atoms with Gasteiger partial charge in [-0.3, -0.25) is 4.79 Å². The summed E-state index contributed by atoms with van der Waals surface area (Å²) in [5.41, 5.74) is 0.315. The van der Waals surface area contributed by atoms with Crippen molar-refractivity contribution in [2.45, 2.75) is 39.3 Å². The van der Waals surface area contributed by atoms with Crippen molar-refractivity contribution in [2.75, 3.05) is 32.1 Å². The maximum absolute atomic E-state index is 11.7. The summed E-state index contributed by atoms with van der Waals surface area (Å²) in [6, 6.07) is 3.27. The molecule has 0 radical (unpaired) electrons. The molecule has 1 amide bonds. The Morgan fingerprint density at radius 2 is 2.00 bits per heavy atom. The molecule has 0 atom stereocenters. The molecule has 1 aromatic heterocycles. The van der Waals surface area contributed by atoms with Crippen LogP contribution in [0.2, 0.25) is 0 Å². The van der Waals surface area contributed by atoms with E-state index in [9.17, 15) is 9.59 Å². The molecule has 0 unspecified atom stereocenters. The van der Waals surface area contributed by atoms with Crippen LogP contribution >= 0.6 is 0 Å². The molecule has 0 spiro atoms. The number of anilines is 1. The molecule has 0 aromatic carbocycles. The number of carbonyl (C=O) groups excluding carboxylic acids is 1. The maximum atomic E-state index is 11.7. The summed E-state index contributed by atoms with van der Waals surface area (Å²) in [5.74, 6) is 0. The monoisotopic (exact) mass is 325 g/mol. The van der Waals surface area contributed by atoms with E-state index < -0.39 is 11.7 Å². The van der Waals surface area contributed by atoms with Crippen LogP contribution in [-0.2, 0) is 16.0 Å². The highest BCUT2D eigenvalue weighted by atomic mass is 16.6. The summed E-state index contributed by atoms with van der Waals surface area (Å²) >= 11 is 0. The third-order valence-corrected chi connectivity index (χ3v) is 2.87. The zero-order valence-corrected chi connectivity index (χ0v) is 14.3. The van der Waals surface area contributed by atoms with E-state index in [4.69, 9.17) is 9.47 Å². The number of nitrogens with one attached hydrogen (secondary N) is 2. The van der Waals surface area contributed by atoms with Crippen molar-refractivity contribution >= 4 is 11.8 Å². The second-order valence-corrected chi connectivity index (χ2v) is 6.15. The van der Waals surface area contributed by atoms with Crippen molar-refractivity contribution < 1.29 is 14.3 Å². The number of amides is 1. The lowest BCUT2D eigenvalue weighted by Gasteiger charge is -2.19. The molecule has 0 fully saturated rings. The number of pyridine rings is 1. The molecule has 0 aliphatic heterocycles. The first kappa shape index (κ1) is 19.0. The summed E-state index contributed by atoms with van der Waals surface area (Å²) in [5, 5.41) is 5.92. The number of ether oxygens (including phenoxy) is 2. The van der Waals surface area contributed by atoms with Crippen molar-refractivity contribution in [1.29, 1.82) is 0 Å². The summed E-state index contributed by atoms with van der Waals surface area (Å²) in [6.07, 6.45) is 2.10. The zero-order valence-electron chi connectivity index (χ0n) is 14.3. The molecule has 0 bridgehead atoms. The molecule has 0 saturated heterocycles. The number of alkyl carbamates (subject to hydrolysis) is 1. The van der Waals surface area contributed by atoms with E-state index in [0.717, 1.165) is 12.1 Å². The Morgan fingerprint density at radius 3 is 2.65 bits per heavy atom. The van der Waals surface area contributed by atoms with E-state index >= 15 is 0 Å². The van der Waals surface area contributed by atoms with Crippen LogP contribution in [0.4, 0.5) is 10.5 Å². The molecule has 1 rings (SSSR count). The Kier molecular flexibility index (Phi) is 7.61. The van der Waals surface area contributed by atoms with Gasteiger partial charge >= 0.3 is 6.09 Å². The lowest BCUT2D eigenvalue weighted by Crippen LogP contribution is -2.33. The Balaban J connectivity index is 2.31. The highest BCUT2D eigenvalue weighted by molar-refractivity contribution is 5.67. The van der Waals surface area contributed by atoms with Crippen molar-refractivity contribution in [1.82, 2.24) is 9.88 Å². The summed E-state index contributed by atoms with van der Waals surface area (Å²) in [7, 11) is 1.60. The average Bonchev–Trinajstić information content (AvgIpc) is 2.45. The number of hydrogen-bond acceptors (Lipinski definition) is 5. The van der Waals surface area contributed by atoms with Gasteiger partial charge in [0.1, 0.15) is 5.60 Å². The molecule has 130 valence electrons. The maximum Gasteiger partial charge on any atom is 0.407 e. The zero-order chi connectivity index (χ0) is 17.3. The van der Waals surface area contributed by atoms with Gasteiger partial charge in [-0.2, -0.15) is 0 Å². The van der Waals surface area contributed by atoms with E-state index in [1.165, 1.54) is 6.07 Å². The van der Waals surface area contributed by atoms with Crippen LogP contribution in [0.1, 0.15) is 27.2 Å². The first-order valence-electron chi connectivity index (χ1n) is 7.72. The Hall–Kier alpha value is -2.02. The predicted octanol–water partition coefficient (Wildman–Crippen LogP) is 1.82. The fraction of sp³-hybridized carbons (Fsp3) is 0.625. The van der Waals surface area contributed by atoms with Gasteiger partial charge in [-0.25, -0.2) is 4.79 Å². The van der Waals surface area contributed by atoms with Gasteiger partial charge in [0.05, 0.1) is 12.3 Å². The van der Waals surface area contributed by atoms with E-state index in [0.29, 0.717) is 26.2 Å². The Labute approximate surface area is 137 Å². The SMILES string of the molecule is COCCn1cc(NCCCNC(=O)OC(C)(C)C)ccc1=O. The van der Waals surface area contributed by atoms with Gasteiger partial charge < -0.3 is 24.7 Å². The van der Waals surface area contributed by atoms with Gasteiger partial charge in [-0.15, -0.1) is 0 Å². The average molecular weight is 325 g/mol. The molecule has 0 aliphatic rings. The van der Waals surface area contributed by atoms with Gasteiger partial charge in [0.25, 0.3) is 5.56 Å². The minimum Gasteiger partial charge on any atom is -0.444 e. The number of methoxy groups -OCH3 is 1. The van der Waals surface area contributed by atoms with Gasteiger partial charge in [-0.1, -0.05) is 0 Å². The minimum atomic E-state index is -0.488. The second-order valence-electron chi connectivity index (χ2n) is 6.15. The lowest BCUT2D eigenvalue weighted by molar-refractivity contribution is 0.0528. The van der Waals surface area contributed by atoms with Crippen LogP contribution in [0, 0.1) is 0 Å². The molecule has 0 saturated carbocycles. The van der Waals surface area contributed by atoms with Crippen molar-refractivity contribution in [3.63, 3.8) is 0 Å². The molecule has 7 heteroatoms. The first-order chi connectivity index (χ1) is 10.8. The molecule has 7 nitrogen and oxygen atoms in total. The van der Waals surface area contributed by atoms with Gasteiger partial charge in [-0.05, 0) is 33.3 Å². The third kappa shape index (κ3) is 8.25. The fourth-order valence-corrected chi connectivity index (χ4v) is 1.83. The van der Waals surface area contributed by atoms with Crippen molar-refractivity contribution in [3.05, 3.63) is 28.7 Å². The number of aromatic nitrogens is 1. The van der Waals surface area contributed by atoms with E-state index in [1.54, 1.807) is 23.9 Å². The molecule has 1 aromatic rings. The number of nitrogens with zero attached hydrogens (tertiary/aromatic N) is 1. The Morgan fingerprint density at radius 1 is 1.26 bits per heavy atom. The molecule has 0 aliphatic carbocycles. The van der Waals surface area contributed by atoms with Crippen LogP contribution in [0.25, 0.3) is 0 Å². The fourth-order valence-electron chi connectivity index (χ4n) is 1.83. The number of carbonyl (C=O) groups is 1.